The van der Waals surface area contributed by atoms with E-state index in [1.165, 1.54) is 30.3 Å². The van der Waals surface area contributed by atoms with Crippen molar-refractivity contribution in [2.24, 2.45) is 0 Å². The molecule has 0 atom stereocenters. The number of nitrogens with zero attached hydrogens (tertiary/aromatic N) is 3. The zero-order valence-corrected chi connectivity index (χ0v) is 17.1. The SMILES string of the molecule is N#CC(=Cc1cc2ccccc2nc1N1CCOCC1)C(=O)Nc1ccc(C(=O)O)cc1. The van der Waals surface area contributed by atoms with E-state index in [-0.39, 0.29) is 11.1 Å². The summed E-state index contributed by atoms with van der Waals surface area (Å²) in [6, 6.07) is 17.3. The molecule has 0 aliphatic carbocycles. The van der Waals surface area contributed by atoms with Crippen LogP contribution in [0.4, 0.5) is 11.5 Å². The Balaban J connectivity index is 1.67. The molecule has 2 N–H and O–H groups in total. The number of nitriles is 1. The molecule has 0 radical (unpaired) electrons. The van der Waals surface area contributed by atoms with Crippen LogP contribution in [-0.2, 0) is 9.53 Å². The van der Waals surface area contributed by atoms with E-state index in [0.717, 1.165) is 10.9 Å². The average molecular weight is 428 g/mol. The number of carboxylic acids is 1. The number of carbonyl (C=O) groups excluding carboxylic acids is 1. The minimum absolute atomic E-state index is 0.0844. The fourth-order valence-corrected chi connectivity index (χ4v) is 3.46. The third-order valence-electron chi connectivity index (χ3n) is 5.10. The first-order valence-electron chi connectivity index (χ1n) is 10.0. The lowest BCUT2D eigenvalue weighted by Gasteiger charge is -2.29. The topological polar surface area (TPSA) is 116 Å². The Labute approximate surface area is 184 Å². The molecule has 160 valence electrons. The van der Waals surface area contributed by atoms with Crippen molar-refractivity contribution in [1.82, 2.24) is 4.98 Å². The van der Waals surface area contributed by atoms with Crippen LogP contribution in [0.2, 0.25) is 0 Å². The van der Waals surface area contributed by atoms with Gasteiger partial charge in [0.2, 0.25) is 0 Å². The fraction of sp³-hybridized carbons (Fsp3) is 0.167. The summed E-state index contributed by atoms with van der Waals surface area (Å²) in [6.07, 6.45) is 1.53. The van der Waals surface area contributed by atoms with Crippen LogP contribution in [0, 0.1) is 11.3 Å². The van der Waals surface area contributed by atoms with Crippen molar-refractivity contribution in [2.75, 3.05) is 36.5 Å². The van der Waals surface area contributed by atoms with Crippen molar-refractivity contribution < 1.29 is 19.4 Å². The Kier molecular flexibility index (Phi) is 6.10. The molecule has 1 fully saturated rings. The highest BCUT2D eigenvalue weighted by Crippen LogP contribution is 2.27. The van der Waals surface area contributed by atoms with Crippen LogP contribution in [-0.4, -0.2) is 48.3 Å². The summed E-state index contributed by atoms with van der Waals surface area (Å²) in [5.74, 6) is -0.949. The van der Waals surface area contributed by atoms with Crippen molar-refractivity contribution in [3.63, 3.8) is 0 Å². The second kappa shape index (κ2) is 9.29. The summed E-state index contributed by atoms with van der Waals surface area (Å²) in [4.78, 5) is 30.6. The molecule has 1 aliphatic heterocycles. The van der Waals surface area contributed by atoms with Gasteiger partial charge in [-0.2, -0.15) is 5.26 Å². The Bertz CT molecular complexity index is 1240. The van der Waals surface area contributed by atoms with Crippen LogP contribution in [0.25, 0.3) is 17.0 Å². The number of ether oxygens (including phenoxy) is 1. The Hall–Kier alpha value is -4.22. The quantitative estimate of drug-likeness (QED) is 0.473. The van der Waals surface area contributed by atoms with Crippen molar-refractivity contribution in [3.05, 3.63) is 71.3 Å². The summed E-state index contributed by atoms with van der Waals surface area (Å²) in [6.45, 7) is 2.48. The van der Waals surface area contributed by atoms with E-state index in [1.54, 1.807) is 0 Å². The lowest BCUT2D eigenvalue weighted by atomic mass is 10.1. The van der Waals surface area contributed by atoms with E-state index in [1.807, 2.05) is 36.4 Å². The van der Waals surface area contributed by atoms with Crippen molar-refractivity contribution in [1.29, 1.82) is 5.26 Å². The third-order valence-corrected chi connectivity index (χ3v) is 5.10. The number of para-hydroxylation sites is 1. The molecule has 3 aromatic rings. The van der Waals surface area contributed by atoms with E-state index in [9.17, 15) is 14.9 Å². The summed E-state index contributed by atoms with van der Waals surface area (Å²) in [5.41, 5.74) is 1.91. The van der Waals surface area contributed by atoms with Gasteiger partial charge in [-0.15, -0.1) is 0 Å². The van der Waals surface area contributed by atoms with Gasteiger partial charge in [-0.1, -0.05) is 18.2 Å². The molecule has 1 amide bonds. The third kappa shape index (κ3) is 4.58. The molecular weight excluding hydrogens is 408 g/mol. The number of pyridine rings is 1. The van der Waals surface area contributed by atoms with Crippen molar-refractivity contribution in [2.45, 2.75) is 0 Å². The number of carbonyl (C=O) groups is 2. The molecule has 2 aromatic carbocycles. The smallest absolute Gasteiger partial charge is 0.335 e. The molecule has 1 aromatic heterocycles. The molecule has 0 saturated carbocycles. The second-order valence-electron chi connectivity index (χ2n) is 7.20. The number of aromatic nitrogens is 1. The molecule has 0 spiro atoms. The maximum absolute atomic E-state index is 12.7. The molecule has 0 bridgehead atoms. The van der Waals surface area contributed by atoms with Gasteiger partial charge in [-0.3, -0.25) is 4.79 Å². The van der Waals surface area contributed by atoms with Gasteiger partial charge in [-0.05, 0) is 42.5 Å². The predicted octanol–water partition coefficient (Wildman–Crippen LogP) is 3.32. The number of rotatable bonds is 5. The minimum atomic E-state index is -1.06. The summed E-state index contributed by atoms with van der Waals surface area (Å²) < 4.78 is 5.44. The Morgan fingerprint density at radius 1 is 1.12 bits per heavy atom. The second-order valence-corrected chi connectivity index (χ2v) is 7.20. The van der Waals surface area contributed by atoms with E-state index in [0.29, 0.717) is 43.4 Å². The first-order valence-corrected chi connectivity index (χ1v) is 10.0. The molecule has 8 nitrogen and oxygen atoms in total. The Morgan fingerprint density at radius 2 is 1.84 bits per heavy atom. The standard InChI is InChI=1S/C24H20N4O4/c25-15-19(23(29)26-20-7-5-16(6-8-20)24(30)31)14-18-13-17-3-1-2-4-21(17)27-22(18)28-9-11-32-12-10-28/h1-8,13-14H,9-12H2,(H,26,29)(H,30,31). The number of anilines is 2. The number of amides is 1. The fourth-order valence-electron chi connectivity index (χ4n) is 3.46. The number of hydrogen-bond donors (Lipinski definition) is 2. The highest BCUT2D eigenvalue weighted by Gasteiger charge is 2.18. The van der Waals surface area contributed by atoms with Gasteiger partial charge in [0.1, 0.15) is 17.5 Å². The van der Waals surface area contributed by atoms with Gasteiger partial charge in [-0.25, -0.2) is 9.78 Å². The van der Waals surface area contributed by atoms with Gasteiger partial charge in [0.15, 0.2) is 0 Å². The normalized spacial score (nSPS) is 14.1. The molecule has 0 unspecified atom stereocenters. The molecule has 8 heteroatoms. The maximum atomic E-state index is 12.7. The zero-order valence-electron chi connectivity index (χ0n) is 17.1. The number of hydrogen-bond acceptors (Lipinski definition) is 6. The molecule has 32 heavy (non-hydrogen) atoms. The van der Waals surface area contributed by atoms with Crippen LogP contribution in [0.15, 0.2) is 60.2 Å². The van der Waals surface area contributed by atoms with Crippen LogP contribution < -0.4 is 10.2 Å². The lowest BCUT2D eigenvalue weighted by Crippen LogP contribution is -2.37. The van der Waals surface area contributed by atoms with Crippen LogP contribution in [0.1, 0.15) is 15.9 Å². The highest BCUT2D eigenvalue weighted by atomic mass is 16.5. The van der Waals surface area contributed by atoms with E-state index in [2.05, 4.69) is 10.2 Å². The molecule has 1 saturated heterocycles. The predicted molar refractivity (Wildman–Crippen MR) is 120 cm³/mol. The average Bonchev–Trinajstić information content (AvgIpc) is 2.82. The van der Waals surface area contributed by atoms with Crippen LogP contribution >= 0.6 is 0 Å². The molecule has 4 rings (SSSR count). The summed E-state index contributed by atoms with van der Waals surface area (Å²) >= 11 is 0. The number of carboxylic acid groups (broad SMARTS) is 1. The van der Waals surface area contributed by atoms with E-state index < -0.39 is 11.9 Å². The minimum Gasteiger partial charge on any atom is -0.478 e. The number of fused-ring (bicyclic) bond motifs is 1. The zero-order chi connectivity index (χ0) is 22.5. The molecule has 2 heterocycles. The van der Waals surface area contributed by atoms with E-state index in [4.69, 9.17) is 14.8 Å². The first-order chi connectivity index (χ1) is 15.5. The van der Waals surface area contributed by atoms with E-state index >= 15 is 0 Å². The molecular formula is C24H20N4O4. The van der Waals surface area contributed by atoms with Gasteiger partial charge >= 0.3 is 5.97 Å². The van der Waals surface area contributed by atoms with Gasteiger partial charge in [0, 0.05) is 29.7 Å². The van der Waals surface area contributed by atoms with Gasteiger partial charge < -0.3 is 20.1 Å². The first kappa shape index (κ1) is 21.0. The molecule has 1 aliphatic rings. The summed E-state index contributed by atoms with van der Waals surface area (Å²) in [7, 11) is 0. The van der Waals surface area contributed by atoms with Crippen molar-refractivity contribution in [3.8, 4) is 6.07 Å². The highest BCUT2D eigenvalue weighted by molar-refractivity contribution is 6.10. The van der Waals surface area contributed by atoms with Gasteiger partial charge in [0.25, 0.3) is 5.91 Å². The van der Waals surface area contributed by atoms with Crippen LogP contribution in [0.5, 0.6) is 0 Å². The van der Waals surface area contributed by atoms with Crippen molar-refractivity contribution >= 4 is 40.4 Å². The number of morpholine rings is 1. The Morgan fingerprint density at radius 3 is 2.53 bits per heavy atom. The van der Waals surface area contributed by atoms with Gasteiger partial charge in [0.05, 0.1) is 24.3 Å². The summed E-state index contributed by atoms with van der Waals surface area (Å²) in [5, 5.41) is 22.2. The lowest BCUT2D eigenvalue weighted by molar-refractivity contribution is -0.112. The van der Waals surface area contributed by atoms with Crippen LogP contribution in [0.3, 0.4) is 0 Å². The monoisotopic (exact) mass is 428 g/mol. The largest absolute Gasteiger partial charge is 0.478 e. The number of nitrogens with one attached hydrogen (secondary N) is 1. The maximum Gasteiger partial charge on any atom is 0.335 e. The number of benzene rings is 2. The number of aromatic carboxylic acids is 1.